The Morgan fingerprint density at radius 2 is 2.04 bits per heavy atom. The van der Waals surface area contributed by atoms with Crippen LogP contribution in [0.15, 0.2) is 36.4 Å². The Bertz CT molecular complexity index is 970. The van der Waals surface area contributed by atoms with Gasteiger partial charge in [-0.1, -0.05) is 0 Å². The highest BCUT2D eigenvalue weighted by molar-refractivity contribution is 6.00. The Labute approximate surface area is 152 Å². The lowest BCUT2D eigenvalue weighted by Gasteiger charge is -2.15. The highest BCUT2D eigenvalue weighted by atomic mass is 19.1. The Balaban J connectivity index is 2.11. The number of rotatable bonds is 5. The van der Waals surface area contributed by atoms with Gasteiger partial charge in [-0.05, 0) is 31.2 Å². The molecule has 1 amide bonds. The molecule has 0 fully saturated rings. The maximum Gasteiger partial charge on any atom is 0.341 e. The number of carbonyl (C=O) groups is 2. The minimum absolute atomic E-state index is 0.0253. The molecule has 0 aromatic heterocycles. The molecule has 0 heterocycles. The van der Waals surface area contributed by atoms with Gasteiger partial charge in [0.25, 0.3) is 11.6 Å². The van der Waals surface area contributed by atoms with Crippen molar-refractivity contribution < 1.29 is 23.6 Å². The Morgan fingerprint density at radius 3 is 2.63 bits per heavy atom. The third-order valence-corrected chi connectivity index (χ3v) is 3.48. The predicted octanol–water partition coefficient (Wildman–Crippen LogP) is 2.37. The van der Waals surface area contributed by atoms with Gasteiger partial charge < -0.3 is 15.8 Å². The molecule has 138 valence electrons. The molecule has 1 atom stereocenters. The number of nitrogens with two attached hydrogens (primary N) is 1. The van der Waals surface area contributed by atoms with Crippen LogP contribution in [0.5, 0.6) is 0 Å². The maximum atomic E-state index is 13.0. The molecule has 2 aromatic rings. The fourth-order valence-corrected chi connectivity index (χ4v) is 2.08. The highest BCUT2D eigenvalue weighted by Crippen LogP contribution is 2.22. The zero-order chi connectivity index (χ0) is 20.1. The number of hydrogen-bond donors (Lipinski definition) is 2. The average molecular weight is 372 g/mol. The van der Waals surface area contributed by atoms with Gasteiger partial charge >= 0.3 is 5.97 Å². The van der Waals surface area contributed by atoms with E-state index >= 15 is 0 Å². The molecular weight excluding hydrogens is 359 g/mol. The molecule has 0 bridgehead atoms. The second-order valence-corrected chi connectivity index (χ2v) is 5.37. The zero-order valence-electron chi connectivity index (χ0n) is 13.9. The number of halogens is 1. The molecule has 0 radical (unpaired) electrons. The number of anilines is 2. The first kappa shape index (κ1) is 19.3. The summed E-state index contributed by atoms with van der Waals surface area (Å²) in [6.07, 6.45) is -1.27. The largest absolute Gasteiger partial charge is 0.449 e. The van der Waals surface area contributed by atoms with Crippen molar-refractivity contribution in [2.45, 2.75) is 13.0 Å². The number of nitrogens with one attached hydrogen (secondary N) is 1. The summed E-state index contributed by atoms with van der Waals surface area (Å²) < 4.78 is 18.0. The summed E-state index contributed by atoms with van der Waals surface area (Å²) in [5, 5.41) is 22.2. The summed E-state index contributed by atoms with van der Waals surface area (Å²) in [5.41, 5.74) is 4.88. The normalized spacial score (nSPS) is 11.1. The van der Waals surface area contributed by atoms with Gasteiger partial charge in [0.15, 0.2) is 6.10 Å². The summed E-state index contributed by atoms with van der Waals surface area (Å²) >= 11 is 0. The van der Waals surface area contributed by atoms with Crippen LogP contribution < -0.4 is 11.1 Å². The number of nitro benzene ring substituents is 1. The number of hydrogen-bond acceptors (Lipinski definition) is 7. The number of amides is 1. The van der Waals surface area contributed by atoms with Gasteiger partial charge in [0, 0.05) is 17.8 Å². The first-order valence-corrected chi connectivity index (χ1v) is 7.48. The molecule has 27 heavy (non-hydrogen) atoms. The van der Waals surface area contributed by atoms with Crippen LogP contribution in [0.25, 0.3) is 0 Å². The van der Waals surface area contributed by atoms with Crippen LogP contribution in [0.4, 0.5) is 21.5 Å². The maximum absolute atomic E-state index is 13.0. The smallest absolute Gasteiger partial charge is 0.341 e. The number of nitro groups is 1. The van der Waals surface area contributed by atoms with Crippen molar-refractivity contribution in [2.75, 3.05) is 11.1 Å². The van der Waals surface area contributed by atoms with E-state index in [2.05, 4.69) is 5.32 Å². The van der Waals surface area contributed by atoms with E-state index in [0.717, 1.165) is 30.3 Å². The second-order valence-electron chi connectivity index (χ2n) is 5.37. The summed E-state index contributed by atoms with van der Waals surface area (Å²) in [7, 11) is 0. The van der Waals surface area contributed by atoms with Crippen LogP contribution in [-0.4, -0.2) is 22.9 Å². The van der Waals surface area contributed by atoms with Gasteiger partial charge in [-0.15, -0.1) is 0 Å². The first-order chi connectivity index (χ1) is 12.7. The van der Waals surface area contributed by atoms with Gasteiger partial charge in [-0.25, -0.2) is 9.18 Å². The van der Waals surface area contributed by atoms with E-state index in [9.17, 15) is 24.1 Å². The van der Waals surface area contributed by atoms with Gasteiger partial charge in [-0.2, -0.15) is 5.26 Å². The standard InChI is InChI=1S/C17H13FN4O5/c1-9(27-17(24)13-4-2-11(18)7-14(13)20)16(23)21-15-5-3-12(22(25)26)6-10(15)8-19/h2-7,9H,20H2,1H3,(H,21,23)/t9-/m1/s1. The molecule has 2 aromatic carbocycles. The molecule has 2 rings (SSSR count). The van der Waals surface area contributed by atoms with E-state index in [0.29, 0.717) is 0 Å². The molecule has 0 saturated carbocycles. The molecule has 0 aliphatic rings. The van der Waals surface area contributed by atoms with Crippen molar-refractivity contribution in [3.05, 3.63) is 63.5 Å². The Morgan fingerprint density at radius 1 is 1.33 bits per heavy atom. The van der Waals surface area contributed by atoms with Crippen molar-refractivity contribution in [3.8, 4) is 6.07 Å². The lowest BCUT2D eigenvalue weighted by molar-refractivity contribution is -0.384. The van der Waals surface area contributed by atoms with E-state index in [4.69, 9.17) is 15.7 Å². The SMILES string of the molecule is C[C@@H](OC(=O)c1ccc(F)cc1N)C(=O)Nc1ccc([N+](=O)[O-])cc1C#N. The predicted molar refractivity (Wildman–Crippen MR) is 92.1 cm³/mol. The molecular formula is C17H13FN4O5. The number of benzene rings is 2. The monoisotopic (exact) mass is 372 g/mol. The summed E-state index contributed by atoms with van der Waals surface area (Å²) in [6.45, 7) is 1.28. The minimum Gasteiger partial charge on any atom is -0.449 e. The van der Waals surface area contributed by atoms with Crippen LogP contribution in [0.3, 0.4) is 0 Å². The molecule has 0 unspecified atom stereocenters. The lowest BCUT2D eigenvalue weighted by Crippen LogP contribution is -2.30. The van der Waals surface area contributed by atoms with Crippen LogP contribution in [0.2, 0.25) is 0 Å². The number of non-ortho nitro benzene ring substituents is 1. The number of nitriles is 1. The van der Waals surface area contributed by atoms with E-state index in [1.807, 2.05) is 0 Å². The molecule has 0 aliphatic heterocycles. The minimum atomic E-state index is -1.27. The van der Waals surface area contributed by atoms with E-state index in [-0.39, 0.29) is 28.2 Å². The average Bonchev–Trinajstić information content (AvgIpc) is 2.61. The van der Waals surface area contributed by atoms with Crippen LogP contribution in [0, 0.1) is 27.3 Å². The number of carbonyl (C=O) groups excluding carboxylic acids is 2. The molecule has 9 nitrogen and oxygen atoms in total. The van der Waals surface area contributed by atoms with Gasteiger partial charge in [-0.3, -0.25) is 14.9 Å². The van der Waals surface area contributed by atoms with Gasteiger partial charge in [0.05, 0.1) is 21.7 Å². The van der Waals surface area contributed by atoms with Crippen molar-refractivity contribution in [2.24, 2.45) is 0 Å². The second kappa shape index (κ2) is 7.92. The van der Waals surface area contributed by atoms with Crippen LogP contribution >= 0.6 is 0 Å². The highest BCUT2D eigenvalue weighted by Gasteiger charge is 2.22. The molecule has 3 N–H and O–H groups in total. The van der Waals surface area contributed by atoms with E-state index in [1.165, 1.54) is 13.0 Å². The van der Waals surface area contributed by atoms with Crippen molar-refractivity contribution in [3.63, 3.8) is 0 Å². The fourth-order valence-electron chi connectivity index (χ4n) is 2.08. The van der Waals surface area contributed by atoms with Crippen LogP contribution in [-0.2, 0) is 9.53 Å². The topological polar surface area (TPSA) is 148 Å². The van der Waals surface area contributed by atoms with E-state index in [1.54, 1.807) is 6.07 Å². The summed E-state index contributed by atoms with van der Waals surface area (Å²) in [4.78, 5) is 34.3. The van der Waals surface area contributed by atoms with Gasteiger partial charge in [0.2, 0.25) is 0 Å². The summed E-state index contributed by atoms with van der Waals surface area (Å²) in [5.74, 6) is -2.33. The van der Waals surface area contributed by atoms with Crippen LogP contribution in [0.1, 0.15) is 22.8 Å². The number of esters is 1. The third kappa shape index (κ3) is 4.55. The van der Waals surface area contributed by atoms with Crippen molar-refractivity contribution >= 4 is 28.9 Å². The number of nitrogen functional groups attached to an aromatic ring is 1. The molecule has 0 saturated heterocycles. The fraction of sp³-hybridized carbons (Fsp3) is 0.118. The zero-order valence-corrected chi connectivity index (χ0v) is 13.9. The third-order valence-electron chi connectivity index (χ3n) is 3.48. The molecule has 10 heteroatoms. The van der Waals surface area contributed by atoms with Gasteiger partial charge in [0.1, 0.15) is 11.9 Å². The van der Waals surface area contributed by atoms with E-state index < -0.39 is 28.7 Å². The lowest BCUT2D eigenvalue weighted by atomic mass is 10.1. The summed E-state index contributed by atoms with van der Waals surface area (Å²) in [6, 6.07) is 8.14. The number of nitrogens with zero attached hydrogens (tertiary/aromatic N) is 2. The van der Waals surface area contributed by atoms with Crippen molar-refractivity contribution in [1.82, 2.24) is 0 Å². The van der Waals surface area contributed by atoms with Crippen molar-refractivity contribution in [1.29, 1.82) is 5.26 Å². The Hall–Kier alpha value is -4.00. The first-order valence-electron chi connectivity index (χ1n) is 7.48. The Kier molecular flexibility index (Phi) is 5.67. The molecule has 0 aliphatic carbocycles. The quantitative estimate of drug-likeness (QED) is 0.354. The molecule has 0 spiro atoms. The number of ether oxygens (including phenoxy) is 1.